The van der Waals surface area contributed by atoms with Crippen LogP contribution in [0.5, 0.6) is 0 Å². The first-order valence-corrected chi connectivity index (χ1v) is 6.58. The van der Waals surface area contributed by atoms with E-state index in [4.69, 9.17) is 4.74 Å². The Labute approximate surface area is 111 Å². The van der Waals surface area contributed by atoms with Gasteiger partial charge in [0.25, 0.3) is 0 Å². The highest BCUT2D eigenvalue weighted by Crippen LogP contribution is 2.31. The van der Waals surface area contributed by atoms with Crippen LogP contribution >= 0.6 is 15.9 Å². The maximum absolute atomic E-state index is 12.6. The fourth-order valence-corrected chi connectivity index (χ4v) is 2.18. The number of halogens is 4. The second-order valence-corrected chi connectivity index (χ2v) is 4.64. The zero-order chi connectivity index (χ0) is 13.2. The first-order valence-electron chi connectivity index (χ1n) is 5.46. The lowest BCUT2D eigenvalue weighted by atomic mass is 10.2. The highest BCUT2D eigenvalue weighted by atomic mass is 79.9. The van der Waals surface area contributed by atoms with E-state index in [0.717, 1.165) is 12.1 Å². The van der Waals surface area contributed by atoms with Gasteiger partial charge in [-0.05, 0) is 12.1 Å². The smallest absolute Gasteiger partial charge is 0.374 e. The molecule has 1 fully saturated rings. The van der Waals surface area contributed by atoms with Crippen molar-refractivity contribution < 1.29 is 17.9 Å². The van der Waals surface area contributed by atoms with E-state index in [2.05, 4.69) is 20.9 Å². The molecule has 7 heteroatoms. The van der Waals surface area contributed by atoms with Crippen LogP contribution in [0.4, 0.5) is 19.0 Å². The summed E-state index contributed by atoms with van der Waals surface area (Å²) < 4.78 is 43.2. The molecule has 1 aliphatic heterocycles. The first kappa shape index (κ1) is 13.6. The van der Waals surface area contributed by atoms with E-state index in [1.807, 2.05) is 4.90 Å². The summed E-state index contributed by atoms with van der Waals surface area (Å²) in [5.74, 6) is 0.346. The van der Waals surface area contributed by atoms with Gasteiger partial charge in [0.05, 0.1) is 18.3 Å². The van der Waals surface area contributed by atoms with Crippen LogP contribution in [0.2, 0.25) is 0 Å². The van der Waals surface area contributed by atoms with Gasteiger partial charge in [0.2, 0.25) is 0 Å². The molecule has 0 N–H and O–H groups in total. The summed E-state index contributed by atoms with van der Waals surface area (Å²) in [4.78, 5) is 5.81. The van der Waals surface area contributed by atoms with Crippen LogP contribution < -0.4 is 4.90 Å². The third-order valence-corrected chi connectivity index (χ3v) is 3.43. The van der Waals surface area contributed by atoms with Crippen molar-refractivity contribution in [2.75, 3.05) is 29.9 Å². The Kier molecular flexibility index (Phi) is 4.11. The summed E-state index contributed by atoms with van der Waals surface area (Å²) in [6.07, 6.45) is -3.16. The number of hydrogen-bond acceptors (Lipinski definition) is 3. The first-order chi connectivity index (χ1) is 8.50. The summed E-state index contributed by atoms with van der Waals surface area (Å²) in [5.41, 5.74) is -0.672. The van der Waals surface area contributed by atoms with Gasteiger partial charge in [0.1, 0.15) is 5.82 Å². The number of hydrogen-bond donors (Lipinski definition) is 0. The lowest BCUT2D eigenvalue weighted by molar-refractivity contribution is -0.137. The van der Waals surface area contributed by atoms with Gasteiger partial charge >= 0.3 is 6.18 Å². The summed E-state index contributed by atoms with van der Waals surface area (Å²) in [7, 11) is 0. The summed E-state index contributed by atoms with van der Waals surface area (Å²) in [5, 5.41) is 0.655. The molecule has 0 saturated carbocycles. The Balaban J connectivity index is 2.18. The molecule has 0 radical (unpaired) electrons. The number of aromatic nitrogens is 1. The Bertz CT molecular complexity index is 414. The fourth-order valence-electron chi connectivity index (χ4n) is 1.79. The summed E-state index contributed by atoms with van der Waals surface area (Å²) in [6.45, 7) is 1.59. The van der Waals surface area contributed by atoms with Crippen LogP contribution in [0, 0.1) is 0 Å². The lowest BCUT2D eigenvalue weighted by Gasteiger charge is -2.33. The van der Waals surface area contributed by atoms with Gasteiger partial charge in [-0.2, -0.15) is 13.2 Å². The number of nitrogens with zero attached hydrogens (tertiary/aromatic N) is 2. The number of pyridine rings is 1. The van der Waals surface area contributed by atoms with Gasteiger partial charge in [0.15, 0.2) is 0 Å². The molecule has 1 aliphatic rings. The molecule has 1 unspecified atom stereocenters. The van der Waals surface area contributed by atoms with Crippen LogP contribution in [-0.4, -0.2) is 36.1 Å². The van der Waals surface area contributed by atoms with Gasteiger partial charge < -0.3 is 9.64 Å². The Morgan fingerprint density at radius 2 is 2.28 bits per heavy atom. The van der Waals surface area contributed by atoms with Crippen LogP contribution in [0.15, 0.2) is 18.3 Å². The SMILES string of the molecule is FC(F)(F)c1ccnc(N2CCOC(CBr)C2)c1. The van der Waals surface area contributed by atoms with E-state index >= 15 is 0 Å². The second kappa shape index (κ2) is 5.44. The third kappa shape index (κ3) is 3.14. The van der Waals surface area contributed by atoms with E-state index in [1.165, 1.54) is 6.20 Å². The van der Waals surface area contributed by atoms with Crippen molar-refractivity contribution in [2.45, 2.75) is 12.3 Å². The lowest BCUT2D eigenvalue weighted by Crippen LogP contribution is -2.43. The molecule has 1 atom stereocenters. The minimum absolute atomic E-state index is 0.0184. The minimum atomic E-state index is -4.33. The van der Waals surface area contributed by atoms with E-state index in [0.29, 0.717) is 30.8 Å². The second-order valence-electron chi connectivity index (χ2n) is 3.99. The molecule has 2 heterocycles. The molecule has 3 nitrogen and oxygen atoms in total. The van der Waals surface area contributed by atoms with Crippen LogP contribution in [0.3, 0.4) is 0 Å². The number of alkyl halides is 4. The number of rotatable bonds is 2. The topological polar surface area (TPSA) is 25.4 Å². The maximum Gasteiger partial charge on any atom is 0.416 e. The van der Waals surface area contributed by atoms with E-state index in [9.17, 15) is 13.2 Å². The zero-order valence-corrected chi connectivity index (χ0v) is 11.0. The molecule has 1 aromatic rings. The zero-order valence-electron chi connectivity index (χ0n) is 9.45. The number of anilines is 1. The van der Waals surface area contributed by atoms with E-state index < -0.39 is 11.7 Å². The molecule has 0 aliphatic carbocycles. The maximum atomic E-state index is 12.6. The number of ether oxygens (including phenoxy) is 1. The summed E-state index contributed by atoms with van der Waals surface area (Å²) in [6, 6.07) is 2.06. The van der Waals surface area contributed by atoms with Crippen LogP contribution in [0.25, 0.3) is 0 Å². The van der Waals surface area contributed by atoms with Gasteiger partial charge in [-0.15, -0.1) is 0 Å². The Morgan fingerprint density at radius 3 is 2.94 bits per heavy atom. The normalized spacial score (nSPS) is 21.1. The van der Waals surface area contributed by atoms with Crippen molar-refractivity contribution >= 4 is 21.7 Å². The average Bonchev–Trinajstić information content (AvgIpc) is 2.38. The molecular formula is C11H12BrF3N2O. The van der Waals surface area contributed by atoms with Crippen molar-refractivity contribution in [3.05, 3.63) is 23.9 Å². The summed E-state index contributed by atoms with van der Waals surface area (Å²) >= 11 is 3.31. The predicted octanol–water partition coefficient (Wildman–Crippen LogP) is 2.70. The van der Waals surface area contributed by atoms with Gasteiger partial charge in [-0.3, -0.25) is 0 Å². The van der Waals surface area contributed by atoms with Crippen molar-refractivity contribution in [1.82, 2.24) is 4.98 Å². The minimum Gasteiger partial charge on any atom is -0.374 e. The van der Waals surface area contributed by atoms with Crippen molar-refractivity contribution in [3.63, 3.8) is 0 Å². The van der Waals surface area contributed by atoms with Crippen molar-refractivity contribution in [3.8, 4) is 0 Å². The quantitative estimate of drug-likeness (QED) is 0.782. The molecule has 1 aromatic heterocycles. The van der Waals surface area contributed by atoms with Crippen LogP contribution in [-0.2, 0) is 10.9 Å². The highest BCUT2D eigenvalue weighted by Gasteiger charge is 2.31. The Hall–Kier alpha value is -0.820. The largest absolute Gasteiger partial charge is 0.416 e. The molecule has 1 saturated heterocycles. The molecular weight excluding hydrogens is 313 g/mol. The van der Waals surface area contributed by atoms with E-state index in [1.54, 1.807) is 0 Å². The molecule has 100 valence electrons. The van der Waals surface area contributed by atoms with Gasteiger partial charge in [-0.25, -0.2) is 4.98 Å². The van der Waals surface area contributed by atoms with Crippen molar-refractivity contribution in [2.24, 2.45) is 0 Å². The molecule has 2 rings (SSSR count). The highest BCUT2D eigenvalue weighted by molar-refractivity contribution is 9.09. The molecule has 0 spiro atoms. The monoisotopic (exact) mass is 324 g/mol. The fraction of sp³-hybridized carbons (Fsp3) is 0.545. The predicted molar refractivity (Wildman–Crippen MR) is 65.0 cm³/mol. The van der Waals surface area contributed by atoms with E-state index in [-0.39, 0.29) is 6.10 Å². The van der Waals surface area contributed by atoms with Gasteiger partial charge in [-0.1, -0.05) is 15.9 Å². The van der Waals surface area contributed by atoms with Crippen LogP contribution in [0.1, 0.15) is 5.56 Å². The van der Waals surface area contributed by atoms with Crippen molar-refractivity contribution in [1.29, 1.82) is 0 Å². The third-order valence-electron chi connectivity index (χ3n) is 2.71. The van der Waals surface area contributed by atoms with Gasteiger partial charge in [0, 0.05) is 24.6 Å². The average molecular weight is 325 g/mol. The standard InChI is InChI=1S/C11H12BrF3N2O/c12-6-9-7-17(3-4-18-9)10-5-8(1-2-16-10)11(13,14)15/h1-2,5,9H,3-4,6-7H2. The molecule has 0 amide bonds. The molecule has 18 heavy (non-hydrogen) atoms. The number of morpholine rings is 1. The molecule has 0 bridgehead atoms. The Morgan fingerprint density at radius 1 is 1.50 bits per heavy atom. The molecule has 0 aromatic carbocycles.